The van der Waals surface area contributed by atoms with E-state index >= 15 is 0 Å². The lowest BCUT2D eigenvalue weighted by Crippen LogP contribution is -2.07. The van der Waals surface area contributed by atoms with Gasteiger partial charge < -0.3 is 9.84 Å². The fourth-order valence-electron chi connectivity index (χ4n) is 1.75. The molecule has 0 aliphatic heterocycles. The van der Waals surface area contributed by atoms with Gasteiger partial charge in [0.1, 0.15) is 12.4 Å². The molecule has 1 N–H and O–H groups in total. The van der Waals surface area contributed by atoms with Gasteiger partial charge in [-0.15, -0.1) is 0 Å². The smallest absolute Gasteiger partial charge is 0.188 e. The second-order valence-corrected chi connectivity index (χ2v) is 4.22. The van der Waals surface area contributed by atoms with Crippen molar-refractivity contribution in [3.8, 4) is 5.75 Å². The van der Waals surface area contributed by atoms with E-state index in [2.05, 4.69) is 6.92 Å². The first kappa shape index (κ1) is 13.7. The standard InChI is InChI=1S/C14H20O3/c1-4-5-6-17-14-10(2)7-12(8-11(14)3)13(16)9-15/h7-8,15H,4-6,9H2,1-3H3. The van der Waals surface area contributed by atoms with Crippen molar-refractivity contribution in [2.45, 2.75) is 33.6 Å². The summed E-state index contributed by atoms with van der Waals surface area (Å²) in [6.45, 7) is 6.21. The van der Waals surface area contributed by atoms with E-state index < -0.39 is 6.61 Å². The maximum absolute atomic E-state index is 11.4. The highest BCUT2D eigenvalue weighted by atomic mass is 16.5. The van der Waals surface area contributed by atoms with Gasteiger partial charge in [0.2, 0.25) is 0 Å². The predicted molar refractivity (Wildman–Crippen MR) is 67.7 cm³/mol. The molecule has 3 nitrogen and oxygen atoms in total. The fourth-order valence-corrected chi connectivity index (χ4v) is 1.75. The van der Waals surface area contributed by atoms with Crippen LogP contribution >= 0.6 is 0 Å². The largest absolute Gasteiger partial charge is 0.493 e. The number of aliphatic hydroxyl groups excluding tert-OH is 1. The van der Waals surface area contributed by atoms with Crippen LogP contribution in [0.4, 0.5) is 0 Å². The Labute approximate surface area is 102 Å². The van der Waals surface area contributed by atoms with Crippen LogP contribution in [0.2, 0.25) is 0 Å². The summed E-state index contributed by atoms with van der Waals surface area (Å²) in [7, 11) is 0. The predicted octanol–water partition coefficient (Wildman–Crippen LogP) is 2.66. The highest BCUT2D eigenvalue weighted by Crippen LogP contribution is 2.25. The molecule has 1 aromatic carbocycles. The van der Waals surface area contributed by atoms with Crippen molar-refractivity contribution in [3.05, 3.63) is 28.8 Å². The van der Waals surface area contributed by atoms with Gasteiger partial charge in [0.05, 0.1) is 6.61 Å². The Hall–Kier alpha value is -1.35. The zero-order valence-corrected chi connectivity index (χ0v) is 10.7. The molecule has 1 rings (SSSR count). The Bertz CT molecular complexity index is 373. The summed E-state index contributed by atoms with van der Waals surface area (Å²) in [5, 5.41) is 8.83. The zero-order chi connectivity index (χ0) is 12.8. The number of carbonyl (C=O) groups is 1. The molecule has 0 aliphatic carbocycles. The molecule has 0 atom stereocenters. The quantitative estimate of drug-likeness (QED) is 0.610. The first-order valence-corrected chi connectivity index (χ1v) is 5.98. The minimum Gasteiger partial charge on any atom is -0.493 e. The van der Waals surface area contributed by atoms with Gasteiger partial charge in [0.15, 0.2) is 5.78 Å². The van der Waals surface area contributed by atoms with Crippen LogP contribution in [0, 0.1) is 13.8 Å². The number of aryl methyl sites for hydroxylation is 2. The van der Waals surface area contributed by atoms with Gasteiger partial charge >= 0.3 is 0 Å². The molecule has 94 valence electrons. The number of benzene rings is 1. The van der Waals surface area contributed by atoms with Crippen molar-refractivity contribution in [3.63, 3.8) is 0 Å². The lowest BCUT2D eigenvalue weighted by molar-refractivity contribution is 0.0903. The van der Waals surface area contributed by atoms with Gasteiger partial charge in [-0.3, -0.25) is 4.79 Å². The molecule has 0 bridgehead atoms. The van der Waals surface area contributed by atoms with E-state index in [-0.39, 0.29) is 5.78 Å². The van der Waals surface area contributed by atoms with Crippen LogP contribution in [0.25, 0.3) is 0 Å². The zero-order valence-electron chi connectivity index (χ0n) is 10.7. The van der Waals surface area contributed by atoms with Crippen LogP contribution in [0.3, 0.4) is 0 Å². The summed E-state index contributed by atoms with van der Waals surface area (Å²) in [5.41, 5.74) is 2.43. The number of rotatable bonds is 6. The summed E-state index contributed by atoms with van der Waals surface area (Å²) < 4.78 is 5.70. The summed E-state index contributed by atoms with van der Waals surface area (Å²) in [4.78, 5) is 11.4. The lowest BCUT2D eigenvalue weighted by atomic mass is 10.0. The minimum absolute atomic E-state index is 0.253. The van der Waals surface area contributed by atoms with Gasteiger partial charge in [-0.2, -0.15) is 0 Å². The van der Waals surface area contributed by atoms with Crippen LogP contribution in [-0.2, 0) is 0 Å². The number of hydrogen-bond acceptors (Lipinski definition) is 3. The van der Waals surface area contributed by atoms with E-state index in [9.17, 15) is 4.79 Å². The van der Waals surface area contributed by atoms with Crippen molar-refractivity contribution in [1.82, 2.24) is 0 Å². The van der Waals surface area contributed by atoms with Crippen LogP contribution < -0.4 is 4.74 Å². The van der Waals surface area contributed by atoms with Crippen LogP contribution in [0.1, 0.15) is 41.3 Å². The molecule has 0 saturated heterocycles. The average molecular weight is 236 g/mol. The molecule has 0 heterocycles. The Morgan fingerprint density at radius 2 is 1.88 bits per heavy atom. The maximum Gasteiger partial charge on any atom is 0.188 e. The number of Topliss-reactive ketones (excluding diaryl/α,β-unsaturated/α-hetero) is 1. The van der Waals surface area contributed by atoms with E-state index in [1.54, 1.807) is 12.1 Å². The van der Waals surface area contributed by atoms with Crippen molar-refractivity contribution in [2.24, 2.45) is 0 Å². The van der Waals surface area contributed by atoms with E-state index in [4.69, 9.17) is 9.84 Å². The molecule has 0 fully saturated rings. The number of ether oxygens (including phenoxy) is 1. The molecule has 0 amide bonds. The van der Waals surface area contributed by atoms with Gasteiger partial charge in [-0.05, 0) is 43.5 Å². The monoisotopic (exact) mass is 236 g/mol. The SMILES string of the molecule is CCCCOc1c(C)cc(C(=O)CO)cc1C. The Morgan fingerprint density at radius 3 is 2.35 bits per heavy atom. The first-order chi connectivity index (χ1) is 8.10. The van der Waals surface area contributed by atoms with Gasteiger partial charge in [0.25, 0.3) is 0 Å². The Morgan fingerprint density at radius 1 is 1.29 bits per heavy atom. The van der Waals surface area contributed by atoms with E-state index in [1.165, 1.54) is 0 Å². The molecule has 17 heavy (non-hydrogen) atoms. The van der Waals surface area contributed by atoms with E-state index in [1.807, 2.05) is 13.8 Å². The van der Waals surface area contributed by atoms with Gasteiger partial charge in [0, 0.05) is 5.56 Å². The highest BCUT2D eigenvalue weighted by molar-refractivity contribution is 5.97. The van der Waals surface area contributed by atoms with Crippen molar-refractivity contribution in [1.29, 1.82) is 0 Å². The maximum atomic E-state index is 11.4. The van der Waals surface area contributed by atoms with Gasteiger partial charge in [-0.1, -0.05) is 13.3 Å². The van der Waals surface area contributed by atoms with E-state index in [0.29, 0.717) is 12.2 Å². The third-order valence-corrected chi connectivity index (χ3v) is 2.67. The molecule has 0 spiro atoms. The van der Waals surface area contributed by atoms with Crippen LogP contribution in [-0.4, -0.2) is 24.1 Å². The molecule has 3 heteroatoms. The molecular weight excluding hydrogens is 216 g/mol. The van der Waals surface area contributed by atoms with Crippen molar-refractivity contribution < 1.29 is 14.6 Å². The normalized spacial score (nSPS) is 10.4. The summed E-state index contributed by atoms with van der Waals surface area (Å²) in [5.74, 6) is 0.601. The van der Waals surface area contributed by atoms with Crippen LogP contribution in [0.5, 0.6) is 5.75 Å². The molecule has 1 aromatic rings. The Kier molecular flexibility index (Phi) is 5.16. The second-order valence-electron chi connectivity index (χ2n) is 4.22. The number of ketones is 1. The van der Waals surface area contributed by atoms with Crippen molar-refractivity contribution in [2.75, 3.05) is 13.2 Å². The Balaban J connectivity index is 2.90. The number of aliphatic hydroxyl groups is 1. The summed E-state index contributed by atoms with van der Waals surface area (Å²) in [6.07, 6.45) is 2.12. The molecule has 0 aliphatic rings. The topological polar surface area (TPSA) is 46.5 Å². The summed E-state index contributed by atoms with van der Waals surface area (Å²) in [6, 6.07) is 3.54. The molecule has 0 aromatic heterocycles. The average Bonchev–Trinajstić information content (AvgIpc) is 2.31. The molecule has 0 unspecified atom stereocenters. The first-order valence-electron chi connectivity index (χ1n) is 5.98. The third-order valence-electron chi connectivity index (χ3n) is 2.67. The number of carbonyl (C=O) groups excluding carboxylic acids is 1. The molecular formula is C14H20O3. The fraction of sp³-hybridized carbons (Fsp3) is 0.500. The van der Waals surface area contributed by atoms with Crippen LogP contribution in [0.15, 0.2) is 12.1 Å². The number of unbranched alkanes of at least 4 members (excludes halogenated alkanes) is 1. The van der Waals surface area contributed by atoms with Gasteiger partial charge in [-0.25, -0.2) is 0 Å². The summed E-state index contributed by atoms with van der Waals surface area (Å²) >= 11 is 0. The minimum atomic E-state index is -0.449. The highest BCUT2D eigenvalue weighted by Gasteiger charge is 2.10. The number of hydrogen-bond donors (Lipinski definition) is 1. The van der Waals surface area contributed by atoms with Crippen molar-refractivity contribution >= 4 is 5.78 Å². The molecule has 0 saturated carbocycles. The van der Waals surface area contributed by atoms with E-state index in [0.717, 1.165) is 29.7 Å². The molecule has 0 radical (unpaired) electrons. The third kappa shape index (κ3) is 3.56. The second kappa shape index (κ2) is 6.40. The lowest BCUT2D eigenvalue weighted by Gasteiger charge is -2.13.